The Kier molecular flexibility index (Phi) is 8.69. The second-order valence-electron chi connectivity index (χ2n) is 5.07. The maximum absolute atomic E-state index is 10.6. The van der Waals surface area contributed by atoms with E-state index in [2.05, 4.69) is 0 Å². The zero-order valence-electron chi connectivity index (χ0n) is 12.8. The smallest absolute Gasteiger partial charge is 0.150 e. The number of aliphatic hydroxyl groups excluding tert-OH is 3. The molecule has 0 amide bonds. The van der Waals surface area contributed by atoms with Crippen molar-refractivity contribution in [1.82, 2.24) is 0 Å². The molecule has 21 heavy (non-hydrogen) atoms. The van der Waals surface area contributed by atoms with Crippen LogP contribution in [0.15, 0.2) is 12.1 Å². The normalized spacial score (nSPS) is 10.6. The lowest BCUT2D eigenvalue weighted by atomic mass is 9.88. The van der Waals surface area contributed by atoms with Gasteiger partial charge in [0, 0.05) is 16.5 Å². The molecule has 1 aromatic rings. The Morgan fingerprint density at radius 3 is 1.81 bits per heavy atom. The molecule has 3 N–H and O–H groups in total. The second-order valence-corrected chi connectivity index (χ2v) is 5.07. The van der Waals surface area contributed by atoms with E-state index in [0.29, 0.717) is 17.5 Å². The van der Waals surface area contributed by atoms with Gasteiger partial charge in [0.05, 0.1) is 19.8 Å². The summed E-state index contributed by atoms with van der Waals surface area (Å²) in [6, 6.07) is 3.51. The SMILES string of the molecule is CCC(CO)(CO)CO.Cc1ccc(C=O)c(C)c1C=O. The van der Waals surface area contributed by atoms with Gasteiger partial charge in [-0.3, -0.25) is 9.59 Å². The van der Waals surface area contributed by atoms with Crippen LogP contribution in [0.1, 0.15) is 45.2 Å². The molecule has 5 heteroatoms. The van der Waals surface area contributed by atoms with Gasteiger partial charge >= 0.3 is 0 Å². The van der Waals surface area contributed by atoms with Crippen molar-refractivity contribution in [3.8, 4) is 0 Å². The predicted molar refractivity (Wildman–Crippen MR) is 80.7 cm³/mol. The topological polar surface area (TPSA) is 94.8 Å². The van der Waals surface area contributed by atoms with E-state index in [0.717, 1.165) is 23.7 Å². The fourth-order valence-electron chi connectivity index (χ4n) is 1.68. The minimum Gasteiger partial charge on any atom is -0.396 e. The lowest BCUT2D eigenvalue weighted by Gasteiger charge is -2.24. The van der Waals surface area contributed by atoms with Crippen LogP contribution in [0, 0.1) is 19.3 Å². The summed E-state index contributed by atoms with van der Waals surface area (Å²) in [5.41, 5.74) is 2.22. The quantitative estimate of drug-likeness (QED) is 0.688. The number of rotatable bonds is 6. The third-order valence-electron chi connectivity index (χ3n) is 3.78. The highest BCUT2D eigenvalue weighted by Crippen LogP contribution is 2.18. The van der Waals surface area contributed by atoms with Gasteiger partial charge < -0.3 is 15.3 Å². The molecule has 0 unspecified atom stereocenters. The molecule has 0 radical (unpaired) electrons. The van der Waals surface area contributed by atoms with Gasteiger partial charge in [-0.1, -0.05) is 19.1 Å². The summed E-state index contributed by atoms with van der Waals surface area (Å²) in [6.45, 7) is 4.98. The minimum atomic E-state index is -0.667. The summed E-state index contributed by atoms with van der Waals surface area (Å²) < 4.78 is 0. The van der Waals surface area contributed by atoms with Crippen LogP contribution < -0.4 is 0 Å². The first-order chi connectivity index (χ1) is 9.94. The first-order valence-corrected chi connectivity index (χ1v) is 6.78. The van der Waals surface area contributed by atoms with Crippen LogP contribution in [0.2, 0.25) is 0 Å². The second kappa shape index (κ2) is 9.39. The van der Waals surface area contributed by atoms with Crippen molar-refractivity contribution in [2.75, 3.05) is 19.8 Å². The third kappa shape index (κ3) is 5.04. The Bertz CT molecular complexity index is 446. The molecule has 1 rings (SSSR count). The highest BCUT2D eigenvalue weighted by molar-refractivity contribution is 5.86. The number of benzene rings is 1. The number of hydrogen-bond acceptors (Lipinski definition) is 5. The lowest BCUT2D eigenvalue weighted by Crippen LogP contribution is -2.32. The first kappa shape index (κ1) is 19.4. The number of hydrogen-bond donors (Lipinski definition) is 3. The Balaban J connectivity index is 0.000000400. The molecule has 0 saturated carbocycles. The average molecular weight is 296 g/mol. The van der Waals surface area contributed by atoms with E-state index in [1.54, 1.807) is 19.1 Å². The van der Waals surface area contributed by atoms with Crippen LogP contribution in [0.25, 0.3) is 0 Å². The number of carbonyl (C=O) groups is 2. The maximum Gasteiger partial charge on any atom is 0.150 e. The van der Waals surface area contributed by atoms with Gasteiger partial charge in [-0.2, -0.15) is 0 Å². The largest absolute Gasteiger partial charge is 0.396 e. The molecule has 0 heterocycles. The first-order valence-electron chi connectivity index (χ1n) is 6.78. The highest BCUT2D eigenvalue weighted by atomic mass is 16.3. The van der Waals surface area contributed by atoms with Crippen molar-refractivity contribution in [2.24, 2.45) is 5.41 Å². The van der Waals surface area contributed by atoms with Crippen molar-refractivity contribution in [1.29, 1.82) is 0 Å². The molecule has 0 aliphatic rings. The molecule has 118 valence electrons. The van der Waals surface area contributed by atoms with E-state index < -0.39 is 5.41 Å². The van der Waals surface area contributed by atoms with Crippen molar-refractivity contribution in [2.45, 2.75) is 27.2 Å². The van der Waals surface area contributed by atoms with E-state index in [-0.39, 0.29) is 19.8 Å². The Hall–Kier alpha value is -1.56. The summed E-state index contributed by atoms with van der Waals surface area (Å²) in [5.74, 6) is 0. The monoisotopic (exact) mass is 296 g/mol. The molecule has 0 bridgehead atoms. The van der Waals surface area contributed by atoms with Gasteiger partial charge in [0.15, 0.2) is 6.29 Å². The lowest BCUT2D eigenvalue weighted by molar-refractivity contribution is 0.00304. The van der Waals surface area contributed by atoms with E-state index >= 15 is 0 Å². The van der Waals surface area contributed by atoms with Gasteiger partial charge in [0.25, 0.3) is 0 Å². The number of carbonyl (C=O) groups excluding carboxylic acids is 2. The van der Waals surface area contributed by atoms with E-state index in [1.165, 1.54) is 0 Å². The minimum absolute atomic E-state index is 0.156. The molecular formula is C16H24O5. The van der Waals surface area contributed by atoms with Crippen LogP contribution in [-0.2, 0) is 0 Å². The molecule has 5 nitrogen and oxygen atoms in total. The number of aryl methyl sites for hydroxylation is 1. The summed E-state index contributed by atoms with van der Waals surface area (Å²) in [7, 11) is 0. The maximum atomic E-state index is 10.6. The van der Waals surface area contributed by atoms with Crippen molar-refractivity contribution in [3.63, 3.8) is 0 Å². The molecule has 0 fully saturated rings. The van der Waals surface area contributed by atoms with E-state index in [1.807, 2.05) is 13.8 Å². The molecule has 0 saturated heterocycles. The highest BCUT2D eigenvalue weighted by Gasteiger charge is 2.24. The Morgan fingerprint density at radius 1 is 1.00 bits per heavy atom. The standard InChI is InChI=1S/C10H10O2.C6H14O3/c1-7-3-4-9(5-11)8(2)10(7)6-12;1-2-6(3-7,4-8)5-9/h3-6H,1-2H3;7-9H,2-5H2,1H3. The van der Waals surface area contributed by atoms with Crippen LogP contribution in [0.5, 0.6) is 0 Å². The summed E-state index contributed by atoms with van der Waals surface area (Å²) in [4.78, 5) is 21.1. The van der Waals surface area contributed by atoms with Crippen LogP contribution in [0.4, 0.5) is 0 Å². The van der Waals surface area contributed by atoms with Gasteiger partial charge in [0.1, 0.15) is 6.29 Å². The Morgan fingerprint density at radius 2 is 1.52 bits per heavy atom. The molecule has 0 aliphatic carbocycles. The molecule has 0 aromatic heterocycles. The van der Waals surface area contributed by atoms with Crippen LogP contribution >= 0.6 is 0 Å². The molecular weight excluding hydrogens is 272 g/mol. The molecule has 0 spiro atoms. The predicted octanol–water partition coefficient (Wildman–Crippen LogP) is 1.29. The average Bonchev–Trinajstić information content (AvgIpc) is 2.51. The van der Waals surface area contributed by atoms with Crippen molar-refractivity contribution >= 4 is 12.6 Å². The van der Waals surface area contributed by atoms with Gasteiger partial charge in [-0.15, -0.1) is 0 Å². The van der Waals surface area contributed by atoms with Gasteiger partial charge in [-0.05, 0) is 31.4 Å². The van der Waals surface area contributed by atoms with E-state index in [9.17, 15) is 9.59 Å². The summed E-state index contributed by atoms with van der Waals surface area (Å²) >= 11 is 0. The fraction of sp³-hybridized carbons (Fsp3) is 0.500. The number of aliphatic hydroxyl groups is 3. The summed E-state index contributed by atoms with van der Waals surface area (Å²) in [5, 5.41) is 26.0. The molecule has 0 atom stereocenters. The third-order valence-corrected chi connectivity index (χ3v) is 3.78. The van der Waals surface area contributed by atoms with Gasteiger partial charge in [0.2, 0.25) is 0 Å². The van der Waals surface area contributed by atoms with E-state index in [4.69, 9.17) is 15.3 Å². The molecule has 1 aromatic carbocycles. The van der Waals surface area contributed by atoms with Crippen LogP contribution in [-0.4, -0.2) is 47.7 Å². The zero-order valence-corrected chi connectivity index (χ0v) is 12.8. The summed E-state index contributed by atoms with van der Waals surface area (Å²) in [6.07, 6.45) is 2.15. The Labute approximate surface area is 125 Å². The van der Waals surface area contributed by atoms with Crippen molar-refractivity contribution < 1.29 is 24.9 Å². The molecule has 0 aliphatic heterocycles. The van der Waals surface area contributed by atoms with Crippen molar-refractivity contribution in [3.05, 3.63) is 34.4 Å². The van der Waals surface area contributed by atoms with Crippen LogP contribution in [0.3, 0.4) is 0 Å². The number of aldehydes is 2. The zero-order chi connectivity index (χ0) is 16.5. The van der Waals surface area contributed by atoms with Gasteiger partial charge in [-0.25, -0.2) is 0 Å². The fourth-order valence-corrected chi connectivity index (χ4v) is 1.68.